The first-order valence-corrected chi connectivity index (χ1v) is 10.6. The van der Waals surface area contributed by atoms with Crippen LogP contribution in [0.3, 0.4) is 0 Å². The van der Waals surface area contributed by atoms with Gasteiger partial charge in [0.25, 0.3) is 10.0 Å². The molecule has 8 heteroatoms. The fourth-order valence-electron chi connectivity index (χ4n) is 3.30. The number of esters is 1. The highest BCUT2D eigenvalue weighted by atomic mass is 32.2. The van der Waals surface area contributed by atoms with Crippen LogP contribution in [0.2, 0.25) is 0 Å². The zero-order valence-electron chi connectivity index (χ0n) is 16.0. The lowest BCUT2D eigenvalue weighted by atomic mass is 10.1. The van der Waals surface area contributed by atoms with Crippen LogP contribution in [-0.4, -0.2) is 41.7 Å². The molecular formula is C20H24N2O5S. The third kappa shape index (κ3) is 4.22. The number of para-hydroxylation sites is 2. The Morgan fingerprint density at radius 3 is 2.43 bits per heavy atom. The van der Waals surface area contributed by atoms with Crippen molar-refractivity contribution in [2.24, 2.45) is 0 Å². The second-order valence-electron chi connectivity index (χ2n) is 6.53. The molecule has 1 heterocycles. The number of piperidine rings is 1. The lowest BCUT2D eigenvalue weighted by Gasteiger charge is -2.30. The Bertz CT molecular complexity index is 953. The maximum atomic E-state index is 13.1. The van der Waals surface area contributed by atoms with Gasteiger partial charge in [0.05, 0.1) is 31.2 Å². The number of nitrogens with one attached hydrogen (secondary N) is 1. The van der Waals surface area contributed by atoms with Gasteiger partial charge in [-0.25, -0.2) is 13.2 Å². The Labute approximate surface area is 165 Å². The van der Waals surface area contributed by atoms with Gasteiger partial charge in [-0.1, -0.05) is 12.1 Å². The summed E-state index contributed by atoms with van der Waals surface area (Å²) in [4.78, 5) is 13.9. The minimum Gasteiger partial charge on any atom is -0.495 e. The summed E-state index contributed by atoms with van der Waals surface area (Å²) in [5.74, 6) is -0.469. The van der Waals surface area contributed by atoms with Crippen LogP contribution in [0.5, 0.6) is 5.75 Å². The predicted octanol–water partition coefficient (Wildman–Crippen LogP) is 3.27. The SMILES string of the molecule is COC(=O)c1ccc(OC)c(S(=O)(=O)Nc2ccccc2N2CCCCC2)c1. The van der Waals surface area contributed by atoms with Gasteiger partial charge in [0.1, 0.15) is 10.6 Å². The van der Waals surface area contributed by atoms with Crippen molar-refractivity contribution in [1.29, 1.82) is 0 Å². The van der Waals surface area contributed by atoms with Crippen molar-refractivity contribution < 1.29 is 22.7 Å². The van der Waals surface area contributed by atoms with Gasteiger partial charge in [-0.05, 0) is 49.6 Å². The standard InChI is InChI=1S/C20H24N2O5S/c1-26-18-11-10-15(20(23)27-2)14-19(18)28(24,25)21-16-8-4-5-9-17(16)22-12-6-3-7-13-22/h4-5,8-11,14,21H,3,6-7,12-13H2,1-2H3. The number of carbonyl (C=O) groups is 1. The van der Waals surface area contributed by atoms with Crippen molar-refractivity contribution in [3.63, 3.8) is 0 Å². The first kappa shape index (κ1) is 20.0. The zero-order valence-corrected chi connectivity index (χ0v) is 16.8. The van der Waals surface area contributed by atoms with Crippen LogP contribution in [0, 0.1) is 0 Å². The van der Waals surface area contributed by atoms with Gasteiger partial charge < -0.3 is 14.4 Å². The average Bonchev–Trinajstić information content (AvgIpc) is 2.73. The Morgan fingerprint density at radius 2 is 1.75 bits per heavy atom. The van der Waals surface area contributed by atoms with Crippen LogP contribution in [0.1, 0.15) is 29.6 Å². The highest BCUT2D eigenvalue weighted by Crippen LogP contribution is 2.32. The van der Waals surface area contributed by atoms with Crippen molar-refractivity contribution in [2.45, 2.75) is 24.2 Å². The monoisotopic (exact) mass is 404 g/mol. The molecule has 0 radical (unpaired) electrons. The van der Waals surface area contributed by atoms with Crippen molar-refractivity contribution in [3.8, 4) is 5.75 Å². The maximum Gasteiger partial charge on any atom is 0.337 e. The summed E-state index contributed by atoms with van der Waals surface area (Å²) in [5, 5.41) is 0. The van der Waals surface area contributed by atoms with Crippen molar-refractivity contribution in [1.82, 2.24) is 0 Å². The molecule has 1 saturated heterocycles. The molecule has 0 saturated carbocycles. The number of hydrogen-bond donors (Lipinski definition) is 1. The quantitative estimate of drug-likeness (QED) is 0.744. The van der Waals surface area contributed by atoms with Crippen LogP contribution in [0.25, 0.3) is 0 Å². The van der Waals surface area contributed by atoms with E-state index >= 15 is 0 Å². The van der Waals surface area contributed by atoms with Crippen molar-refractivity contribution >= 4 is 27.4 Å². The Kier molecular flexibility index (Phi) is 6.08. The van der Waals surface area contributed by atoms with E-state index in [1.807, 2.05) is 12.1 Å². The molecular weight excluding hydrogens is 380 g/mol. The first-order valence-electron chi connectivity index (χ1n) is 9.09. The highest BCUT2D eigenvalue weighted by Gasteiger charge is 2.24. The molecule has 1 aliphatic rings. The maximum absolute atomic E-state index is 13.1. The van der Waals surface area contributed by atoms with Crippen molar-refractivity contribution in [3.05, 3.63) is 48.0 Å². The van der Waals surface area contributed by atoms with Gasteiger partial charge in [0, 0.05) is 13.1 Å². The summed E-state index contributed by atoms with van der Waals surface area (Å²) in [6.45, 7) is 1.78. The topological polar surface area (TPSA) is 84.9 Å². The van der Waals surface area contributed by atoms with Crippen LogP contribution in [0.4, 0.5) is 11.4 Å². The molecule has 7 nitrogen and oxygen atoms in total. The Balaban J connectivity index is 1.98. The van der Waals surface area contributed by atoms with Gasteiger partial charge in [0.2, 0.25) is 0 Å². The van der Waals surface area contributed by atoms with Gasteiger partial charge in [-0.3, -0.25) is 4.72 Å². The van der Waals surface area contributed by atoms with Crippen LogP contribution in [-0.2, 0) is 14.8 Å². The highest BCUT2D eigenvalue weighted by molar-refractivity contribution is 7.92. The number of sulfonamides is 1. The lowest BCUT2D eigenvalue weighted by molar-refractivity contribution is 0.0600. The number of anilines is 2. The summed E-state index contributed by atoms with van der Waals surface area (Å²) in [7, 11) is -1.36. The van der Waals surface area contributed by atoms with E-state index in [4.69, 9.17) is 9.47 Å². The van der Waals surface area contributed by atoms with E-state index < -0.39 is 16.0 Å². The molecule has 28 heavy (non-hydrogen) atoms. The lowest BCUT2D eigenvalue weighted by Crippen LogP contribution is -2.30. The Hall–Kier alpha value is -2.74. The molecule has 0 spiro atoms. The second-order valence-corrected chi connectivity index (χ2v) is 8.18. The van der Waals surface area contributed by atoms with Gasteiger partial charge >= 0.3 is 5.97 Å². The fourth-order valence-corrected chi connectivity index (χ4v) is 4.57. The normalized spacial score (nSPS) is 14.4. The van der Waals surface area contributed by atoms with E-state index in [-0.39, 0.29) is 16.2 Å². The third-order valence-electron chi connectivity index (χ3n) is 4.72. The molecule has 2 aromatic carbocycles. The largest absolute Gasteiger partial charge is 0.495 e. The van der Waals surface area contributed by atoms with Gasteiger partial charge in [0.15, 0.2) is 0 Å². The smallest absolute Gasteiger partial charge is 0.337 e. The number of methoxy groups -OCH3 is 2. The number of hydrogen-bond acceptors (Lipinski definition) is 6. The van der Waals surface area contributed by atoms with Gasteiger partial charge in [-0.2, -0.15) is 0 Å². The summed E-state index contributed by atoms with van der Waals surface area (Å²) in [6.07, 6.45) is 3.34. The summed E-state index contributed by atoms with van der Waals surface area (Å²) >= 11 is 0. The minimum atomic E-state index is -3.99. The third-order valence-corrected chi connectivity index (χ3v) is 6.11. The average molecular weight is 404 g/mol. The van der Waals surface area contributed by atoms with E-state index in [1.54, 1.807) is 12.1 Å². The van der Waals surface area contributed by atoms with E-state index in [0.29, 0.717) is 5.69 Å². The van der Waals surface area contributed by atoms with E-state index in [1.165, 1.54) is 38.8 Å². The van der Waals surface area contributed by atoms with E-state index in [0.717, 1.165) is 31.6 Å². The molecule has 0 atom stereocenters. The molecule has 1 N–H and O–H groups in total. The molecule has 0 bridgehead atoms. The molecule has 150 valence electrons. The molecule has 0 aromatic heterocycles. The van der Waals surface area contributed by atoms with E-state index in [9.17, 15) is 13.2 Å². The fraction of sp³-hybridized carbons (Fsp3) is 0.350. The zero-order chi connectivity index (χ0) is 20.1. The molecule has 0 unspecified atom stereocenters. The molecule has 1 fully saturated rings. The second kappa shape index (κ2) is 8.52. The molecule has 1 aliphatic heterocycles. The molecule has 0 aliphatic carbocycles. The first-order chi connectivity index (χ1) is 13.5. The number of rotatable bonds is 6. The number of benzene rings is 2. The van der Waals surface area contributed by atoms with Crippen LogP contribution < -0.4 is 14.4 Å². The van der Waals surface area contributed by atoms with Crippen molar-refractivity contribution in [2.75, 3.05) is 36.9 Å². The number of ether oxygens (including phenoxy) is 2. The summed E-state index contributed by atoms with van der Waals surface area (Å²) < 4.78 is 38.8. The van der Waals surface area contributed by atoms with E-state index in [2.05, 4.69) is 9.62 Å². The number of carbonyl (C=O) groups excluding carboxylic acids is 1. The van der Waals surface area contributed by atoms with Crippen LogP contribution >= 0.6 is 0 Å². The summed E-state index contributed by atoms with van der Waals surface area (Å²) in [6, 6.07) is 11.5. The van der Waals surface area contributed by atoms with Crippen LogP contribution in [0.15, 0.2) is 47.4 Å². The molecule has 0 amide bonds. The minimum absolute atomic E-state index is 0.119. The summed E-state index contributed by atoms with van der Waals surface area (Å²) in [5.41, 5.74) is 1.47. The Morgan fingerprint density at radius 1 is 1.04 bits per heavy atom. The number of nitrogens with zero attached hydrogens (tertiary/aromatic N) is 1. The predicted molar refractivity (Wildman–Crippen MR) is 108 cm³/mol. The molecule has 3 rings (SSSR count). The molecule has 2 aromatic rings. The van der Waals surface area contributed by atoms with Gasteiger partial charge in [-0.15, -0.1) is 0 Å².